The molecule has 1 unspecified atom stereocenters. The standard InChI is InChI=1S/C10H13BrFNO3S/c1-7(13-17(14,15)6-11)8-3-4-10(16-2)9(12)5-8/h3-5,7,13H,6H2,1-2H3. The number of hydrogen-bond donors (Lipinski definition) is 1. The molecule has 1 aromatic rings. The lowest BCUT2D eigenvalue weighted by Crippen LogP contribution is -2.27. The molecule has 7 heteroatoms. The van der Waals surface area contributed by atoms with Crippen LogP contribution in [0.2, 0.25) is 0 Å². The van der Waals surface area contributed by atoms with Gasteiger partial charge in [-0.1, -0.05) is 22.0 Å². The largest absolute Gasteiger partial charge is 0.494 e. The van der Waals surface area contributed by atoms with Crippen LogP contribution in [0, 0.1) is 5.82 Å². The zero-order valence-corrected chi connectivity index (χ0v) is 11.8. The van der Waals surface area contributed by atoms with Gasteiger partial charge < -0.3 is 4.74 Å². The maximum absolute atomic E-state index is 13.4. The number of ether oxygens (including phenoxy) is 1. The van der Waals surface area contributed by atoms with Crippen molar-refractivity contribution in [1.82, 2.24) is 4.72 Å². The van der Waals surface area contributed by atoms with E-state index in [4.69, 9.17) is 4.74 Å². The van der Waals surface area contributed by atoms with E-state index in [-0.39, 0.29) is 10.4 Å². The molecule has 0 fully saturated rings. The molecule has 1 rings (SSSR count). The highest BCUT2D eigenvalue weighted by Crippen LogP contribution is 2.22. The third kappa shape index (κ3) is 3.93. The fourth-order valence-corrected chi connectivity index (χ4v) is 2.46. The second kappa shape index (κ2) is 5.79. The molecule has 1 aromatic carbocycles. The molecule has 96 valence electrons. The molecule has 0 amide bonds. The molecule has 0 spiro atoms. The summed E-state index contributed by atoms with van der Waals surface area (Å²) in [4.78, 5) is 0. The molecule has 0 aliphatic rings. The van der Waals surface area contributed by atoms with Gasteiger partial charge >= 0.3 is 0 Å². The van der Waals surface area contributed by atoms with Gasteiger partial charge in [-0.25, -0.2) is 17.5 Å². The monoisotopic (exact) mass is 325 g/mol. The average molecular weight is 326 g/mol. The lowest BCUT2D eigenvalue weighted by Gasteiger charge is -2.14. The van der Waals surface area contributed by atoms with Crippen molar-refractivity contribution in [3.05, 3.63) is 29.6 Å². The van der Waals surface area contributed by atoms with E-state index >= 15 is 0 Å². The summed E-state index contributed by atoms with van der Waals surface area (Å²) >= 11 is 2.86. The van der Waals surface area contributed by atoms with E-state index in [1.54, 1.807) is 13.0 Å². The Morgan fingerprint density at radius 2 is 2.18 bits per heavy atom. The lowest BCUT2D eigenvalue weighted by atomic mass is 10.1. The van der Waals surface area contributed by atoms with Gasteiger partial charge in [0.1, 0.15) is 4.66 Å². The van der Waals surface area contributed by atoms with Gasteiger partial charge in [0, 0.05) is 6.04 Å². The predicted molar refractivity (Wildman–Crippen MR) is 67.2 cm³/mol. The van der Waals surface area contributed by atoms with Crippen LogP contribution in [0.5, 0.6) is 5.75 Å². The summed E-state index contributed by atoms with van der Waals surface area (Å²) in [5.74, 6) is -0.390. The Balaban J connectivity index is 2.90. The molecule has 0 saturated heterocycles. The number of nitrogens with one attached hydrogen (secondary N) is 1. The number of hydrogen-bond acceptors (Lipinski definition) is 3. The van der Waals surface area contributed by atoms with Crippen LogP contribution >= 0.6 is 15.9 Å². The Kier molecular flexibility index (Phi) is 4.91. The van der Waals surface area contributed by atoms with E-state index < -0.39 is 21.9 Å². The fourth-order valence-electron chi connectivity index (χ4n) is 1.32. The van der Waals surface area contributed by atoms with Gasteiger partial charge in [0.05, 0.1) is 7.11 Å². The van der Waals surface area contributed by atoms with Crippen LogP contribution in [0.4, 0.5) is 4.39 Å². The number of rotatable bonds is 5. The first kappa shape index (κ1) is 14.4. The van der Waals surface area contributed by atoms with Gasteiger partial charge in [0.25, 0.3) is 0 Å². The molecule has 17 heavy (non-hydrogen) atoms. The van der Waals surface area contributed by atoms with Gasteiger partial charge in [-0.15, -0.1) is 0 Å². The van der Waals surface area contributed by atoms with E-state index in [0.717, 1.165) is 0 Å². The van der Waals surface area contributed by atoms with Gasteiger partial charge in [0.15, 0.2) is 11.6 Å². The molecule has 1 N–H and O–H groups in total. The summed E-state index contributed by atoms with van der Waals surface area (Å²) in [6.07, 6.45) is 0. The minimum absolute atomic E-state index is 0.129. The van der Waals surface area contributed by atoms with Gasteiger partial charge in [0.2, 0.25) is 10.0 Å². The van der Waals surface area contributed by atoms with Crippen molar-refractivity contribution in [2.75, 3.05) is 11.8 Å². The Bertz CT molecular complexity index is 492. The SMILES string of the molecule is COc1ccc(C(C)NS(=O)(=O)CBr)cc1F. The lowest BCUT2D eigenvalue weighted by molar-refractivity contribution is 0.386. The van der Waals surface area contributed by atoms with E-state index in [9.17, 15) is 12.8 Å². The van der Waals surface area contributed by atoms with Gasteiger partial charge in [-0.2, -0.15) is 0 Å². The smallest absolute Gasteiger partial charge is 0.222 e. The quantitative estimate of drug-likeness (QED) is 0.844. The number of sulfonamides is 1. The van der Waals surface area contributed by atoms with Crippen LogP contribution in [0.1, 0.15) is 18.5 Å². The number of methoxy groups -OCH3 is 1. The molecular formula is C10H13BrFNO3S. The predicted octanol–water partition coefficient (Wildman–Crippen LogP) is 2.17. The second-order valence-corrected chi connectivity index (χ2v) is 6.51. The molecule has 0 heterocycles. The molecule has 0 aromatic heterocycles. The zero-order valence-electron chi connectivity index (χ0n) is 9.41. The summed E-state index contributed by atoms with van der Waals surface area (Å²) < 4.78 is 43.0. The first-order chi connectivity index (χ1) is 7.89. The van der Waals surface area contributed by atoms with Crippen LogP contribution < -0.4 is 9.46 Å². The minimum Gasteiger partial charge on any atom is -0.494 e. The van der Waals surface area contributed by atoms with Crippen LogP contribution in [-0.4, -0.2) is 20.2 Å². The highest BCUT2D eigenvalue weighted by molar-refractivity contribution is 9.10. The van der Waals surface area contributed by atoms with Crippen LogP contribution in [0.3, 0.4) is 0 Å². The third-order valence-corrected chi connectivity index (χ3v) is 4.98. The summed E-state index contributed by atoms with van der Waals surface area (Å²) in [7, 11) is -2.01. The molecule has 0 aliphatic carbocycles. The number of alkyl halides is 1. The van der Waals surface area contributed by atoms with Gasteiger partial charge in [-0.3, -0.25) is 0 Å². The van der Waals surface area contributed by atoms with E-state index in [0.29, 0.717) is 5.56 Å². The topological polar surface area (TPSA) is 55.4 Å². The van der Waals surface area contributed by atoms with Crippen LogP contribution in [0.15, 0.2) is 18.2 Å². The Morgan fingerprint density at radius 3 is 2.65 bits per heavy atom. The van der Waals surface area contributed by atoms with Crippen molar-refractivity contribution in [3.63, 3.8) is 0 Å². The maximum Gasteiger partial charge on any atom is 0.222 e. The third-order valence-electron chi connectivity index (χ3n) is 2.18. The molecular weight excluding hydrogens is 313 g/mol. The van der Waals surface area contributed by atoms with Crippen molar-refractivity contribution >= 4 is 26.0 Å². The van der Waals surface area contributed by atoms with Crippen molar-refractivity contribution in [2.45, 2.75) is 13.0 Å². The summed E-state index contributed by atoms with van der Waals surface area (Å²) in [5.41, 5.74) is 0.535. The van der Waals surface area contributed by atoms with Crippen LogP contribution in [0.25, 0.3) is 0 Å². The Morgan fingerprint density at radius 1 is 1.53 bits per heavy atom. The normalized spacial score (nSPS) is 13.4. The summed E-state index contributed by atoms with van der Waals surface area (Å²) in [5, 5.41) is 0. The molecule has 1 atom stereocenters. The van der Waals surface area contributed by atoms with E-state index in [1.165, 1.54) is 19.2 Å². The molecule has 0 saturated carbocycles. The zero-order chi connectivity index (χ0) is 13.1. The van der Waals surface area contributed by atoms with E-state index in [1.807, 2.05) is 0 Å². The Hall–Kier alpha value is -0.660. The Labute approximate surface area is 108 Å². The highest BCUT2D eigenvalue weighted by Gasteiger charge is 2.15. The fraction of sp³-hybridized carbons (Fsp3) is 0.400. The summed E-state index contributed by atoms with van der Waals surface area (Å²) in [6, 6.07) is 3.82. The van der Waals surface area contributed by atoms with Crippen LogP contribution in [-0.2, 0) is 10.0 Å². The molecule has 4 nitrogen and oxygen atoms in total. The van der Waals surface area contributed by atoms with E-state index in [2.05, 4.69) is 20.7 Å². The highest BCUT2D eigenvalue weighted by atomic mass is 79.9. The minimum atomic E-state index is -3.38. The second-order valence-electron chi connectivity index (χ2n) is 3.46. The number of benzene rings is 1. The van der Waals surface area contributed by atoms with Crippen molar-refractivity contribution < 1.29 is 17.5 Å². The van der Waals surface area contributed by atoms with Crippen molar-refractivity contribution in [1.29, 1.82) is 0 Å². The molecule has 0 aliphatic heterocycles. The first-order valence-electron chi connectivity index (χ1n) is 4.79. The van der Waals surface area contributed by atoms with Crippen molar-refractivity contribution in [2.24, 2.45) is 0 Å². The summed E-state index contributed by atoms with van der Waals surface area (Å²) in [6.45, 7) is 1.64. The number of halogens is 2. The molecule has 0 bridgehead atoms. The first-order valence-corrected chi connectivity index (χ1v) is 7.56. The average Bonchev–Trinajstić information content (AvgIpc) is 2.28. The maximum atomic E-state index is 13.4. The molecule has 0 radical (unpaired) electrons. The van der Waals surface area contributed by atoms with Gasteiger partial charge in [-0.05, 0) is 24.6 Å². The van der Waals surface area contributed by atoms with Crippen molar-refractivity contribution in [3.8, 4) is 5.75 Å².